The first kappa shape index (κ1) is 18.8. The minimum atomic E-state index is -0.552. The highest BCUT2D eigenvalue weighted by atomic mass is 32.2. The van der Waals surface area contributed by atoms with Gasteiger partial charge < -0.3 is 19.5 Å². The van der Waals surface area contributed by atoms with Crippen molar-refractivity contribution in [1.29, 1.82) is 0 Å². The first-order valence-electron chi connectivity index (χ1n) is 6.38. The third-order valence-electron chi connectivity index (χ3n) is 2.05. The van der Waals surface area contributed by atoms with Gasteiger partial charge in [0.05, 0.1) is 13.2 Å². The zero-order valence-electron chi connectivity index (χ0n) is 12.1. The van der Waals surface area contributed by atoms with Crippen molar-refractivity contribution in [2.75, 3.05) is 45.0 Å². The molecular weight excluding hydrogens is 282 g/mol. The van der Waals surface area contributed by atoms with E-state index >= 15 is 0 Å². The molecule has 0 atom stereocenters. The maximum atomic E-state index is 11.2. The number of rotatable bonds is 11. The molecule has 0 saturated carbocycles. The van der Waals surface area contributed by atoms with Crippen LogP contribution in [0, 0.1) is 0 Å². The number of alkyl carbamates (subject to hydrolysis) is 1. The third-order valence-corrected chi connectivity index (χ3v) is 2.75. The lowest BCUT2D eigenvalue weighted by Gasteiger charge is -2.08. The lowest BCUT2D eigenvalue weighted by molar-refractivity contribution is -0.138. The monoisotopic (exact) mass is 305 g/mol. The molecule has 0 rings (SSSR count). The normalized spacial score (nSPS) is 9.90. The molecule has 116 valence electrons. The number of carbonyl (C=O) groups excluding carboxylic acids is 2. The number of carbonyl (C=O) groups is 2. The quantitative estimate of drug-likeness (QED) is 0.355. The SMILES string of the molecule is C=C(C)C(=O)OCCNC(=O)OCCOCCCSC. The summed E-state index contributed by atoms with van der Waals surface area (Å²) in [5, 5.41) is 2.46. The van der Waals surface area contributed by atoms with Gasteiger partial charge in [0.25, 0.3) is 0 Å². The molecule has 0 radical (unpaired) electrons. The van der Waals surface area contributed by atoms with Gasteiger partial charge in [-0.25, -0.2) is 9.59 Å². The van der Waals surface area contributed by atoms with Gasteiger partial charge in [0, 0.05) is 12.2 Å². The van der Waals surface area contributed by atoms with Crippen LogP contribution in [-0.2, 0) is 19.0 Å². The van der Waals surface area contributed by atoms with Crippen molar-refractivity contribution in [3.8, 4) is 0 Å². The van der Waals surface area contributed by atoms with E-state index in [2.05, 4.69) is 11.9 Å². The van der Waals surface area contributed by atoms with Gasteiger partial charge in [0.1, 0.15) is 13.2 Å². The fraction of sp³-hybridized carbons (Fsp3) is 0.692. The van der Waals surface area contributed by atoms with Crippen molar-refractivity contribution >= 4 is 23.8 Å². The Hall–Kier alpha value is -1.21. The summed E-state index contributed by atoms with van der Waals surface area (Å²) in [4.78, 5) is 22.2. The van der Waals surface area contributed by atoms with Gasteiger partial charge in [-0.15, -0.1) is 0 Å². The van der Waals surface area contributed by atoms with Gasteiger partial charge in [0.2, 0.25) is 0 Å². The fourth-order valence-electron chi connectivity index (χ4n) is 1.07. The lowest BCUT2D eigenvalue weighted by atomic mass is 10.4. The molecule has 0 aliphatic rings. The molecule has 0 aliphatic heterocycles. The Balaban J connectivity index is 3.33. The summed E-state index contributed by atoms with van der Waals surface area (Å²) in [5.41, 5.74) is 0.325. The van der Waals surface area contributed by atoms with E-state index in [-0.39, 0.29) is 19.8 Å². The van der Waals surface area contributed by atoms with Crippen LogP contribution in [0.15, 0.2) is 12.2 Å². The van der Waals surface area contributed by atoms with E-state index < -0.39 is 12.1 Å². The van der Waals surface area contributed by atoms with Crippen LogP contribution >= 0.6 is 11.8 Å². The Labute approximate surface area is 124 Å². The second kappa shape index (κ2) is 12.8. The van der Waals surface area contributed by atoms with Crippen molar-refractivity contribution < 1.29 is 23.8 Å². The highest BCUT2D eigenvalue weighted by Gasteiger charge is 2.04. The van der Waals surface area contributed by atoms with Crippen molar-refractivity contribution in [1.82, 2.24) is 5.32 Å². The lowest BCUT2D eigenvalue weighted by Crippen LogP contribution is -2.29. The van der Waals surface area contributed by atoms with E-state index in [0.29, 0.717) is 18.8 Å². The molecular formula is C13H23NO5S. The van der Waals surface area contributed by atoms with E-state index in [1.54, 1.807) is 18.7 Å². The molecule has 0 heterocycles. The largest absolute Gasteiger partial charge is 0.460 e. The first-order valence-corrected chi connectivity index (χ1v) is 7.77. The molecule has 1 amide bonds. The van der Waals surface area contributed by atoms with Gasteiger partial charge in [-0.2, -0.15) is 11.8 Å². The van der Waals surface area contributed by atoms with Crippen LogP contribution in [0.5, 0.6) is 0 Å². The minimum Gasteiger partial charge on any atom is -0.460 e. The van der Waals surface area contributed by atoms with Crippen LogP contribution in [0.25, 0.3) is 0 Å². The zero-order chi connectivity index (χ0) is 15.2. The van der Waals surface area contributed by atoms with Gasteiger partial charge in [-0.3, -0.25) is 0 Å². The summed E-state index contributed by atoms with van der Waals surface area (Å²) in [6.45, 7) is 6.55. The molecule has 0 unspecified atom stereocenters. The number of hydrogen-bond donors (Lipinski definition) is 1. The molecule has 6 nitrogen and oxygen atoms in total. The summed E-state index contributed by atoms with van der Waals surface area (Å²) >= 11 is 1.77. The molecule has 0 fully saturated rings. The number of hydrogen-bond acceptors (Lipinski definition) is 6. The van der Waals surface area contributed by atoms with Gasteiger partial charge in [-0.05, 0) is 25.4 Å². The molecule has 20 heavy (non-hydrogen) atoms. The van der Waals surface area contributed by atoms with E-state index in [1.807, 2.05) is 6.26 Å². The highest BCUT2D eigenvalue weighted by Crippen LogP contribution is 1.95. The van der Waals surface area contributed by atoms with E-state index in [1.165, 1.54) is 0 Å². The maximum absolute atomic E-state index is 11.2. The van der Waals surface area contributed by atoms with Crippen molar-refractivity contribution in [2.24, 2.45) is 0 Å². The second-order valence-corrected chi connectivity index (χ2v) is 4.92. The molecule has 0 aromatic heterocycles. The predicted molar refractivity (Wildman–Crippen MR) is 78.9 cm³/mol. The van der Waals surface area contributed by atoms with Crippen LogP contribution in [-0.4, -0.2) is 57.0 Å². The van der Waals surface area contributed by atoms with Crippen LogP contribution in [0.3, 0.4) is 0 Å². The Kier molecular flexibility index (Phi) is 12.0. The molecule has 7 heteroatoms. The van der Waals surface area contributed by atoms with Crippen molar-refractivity contribution in [2.45, 2.75) is 13.3 Å². The van der Waals surface area contributed by atoms with Gasteiger partial charge in [-0.1, -0.05) is 6.58 Å². The molecule has 0 spiro atoms. The number of ether oxygens (including phenoxy) is 3. The molecule has 1 N–H and O–H groups in total. The number of nitrogens with one attached hydrogen (secondary N) is 1. The smallest absolute Gasteiger partial charge is 0.407 e. The summed E-state index contributed by atoms with van der Waals surface area (Å²) in [7, 11) is 0. The second-order valence-electron chi connectivity index (χ2n) is 3.94. The highest BCUT2D eigenvalue weighted by molar-refractivity contribution is 7.98. The predicted octanol–water partition coefficient (Wildman–Crippen LogP) is 1.60. The van der Waals surface area contributed by atoms with Crippen molar-refractivity contribution in [3.05, 3.63) is 12.2 Å². The summed E-state index contributed by atoms with van der Waals surface area (Å²) in [6, 6.07) is 0. The van der Waals surface area contributed by atoms with Gasteiger partial charge in [0.15, 0.2) is 0 Å². The third kappa shape index (κ3) is 11.9. The number of thioether (sulfide) groups is 1. The molecule has 0 saturated heterocycles. The molecule has 0 aliphatic carbocycles. The average Bonchev–Trinajstić information content (AvgIpc) is 2.42. The van der Waals surface area contributed by atoms with Crippen molar-refractivity contribution in [3.63, 3.8) is 0 Å². The van der Waals surface area contributed by atoms with Gasteiger partial charge >= 0.3 is 12.1 Å². The average molecular weight is 305 g/mol. The minimum absolute atomic E-state index is 0.0893. The van der Waals surface area contributed by atoms with Crippen LogP contribution in [0.2, 0.25) is 0 Å². The summed E-state index contributed by atoms with van der Waals surface area (Å²) in [6.07, 6.45) is 2.48. The van der Waals surface area contributed by atoms with Crippen LogP contribution < -0.4 is 5.32 Å². The Bertz CT molecular complexity index is 309. The van der Waals surface area contributed by atoms with E-state index in [9.17, 15) is 9.59 Å². The summed E-state index contributed by atoms with van der Waals surface area (Å²) in [5.74, 6) is 0.586. The zero-order valence-corrected chi connectivity index (χ0v) is 12.9. The molecule has 0 aromatic rings. The van der Waals surface area contributed by atoms with Crippen LogP contribution in [0.1, 0.15) is 13.3 Å². The topological polar surface area (TPSA) is 73.9 Å². The first-order chi connectivity index (χ1) is 9.57. The maximum Gasteiger partial charge on any atom is 0.407 e. The standard InChI is InChI=1S/C13H23NO5S/c1-11(2)12(15)18-7-5-14-13(16)19-9-8-17-6-4-10-20-3/h1,4-10H2,2-3H3,(H,14,16). The number of esters is 1. The summed E-state index contributed by atoms with van der Waals surface area (Å²) < 4.78 is 14.9. The van der Waals surface area contributed by atoms with Crippen LogP contribution in [0.4, 0.5) is 4.79 Å². The number of amides is 1. The Morgan fingerprint density at radius 2 is 1.90 bits per heavy atom. The van der Waals surface area contributed by atoms with E-state index in [4.69, 9.17) is 14.2 Å². The molecule has 0 aromatic carbocycles. The Morgan fingerprint density at radius 1 is 1.15 bits per heavy atom. The fourth-order valence-corrected chi connectivity index (χ4v) is 1.48. The van der Waals surface area contributed by atoms with E-state index in [0.717, 1.165) is 12.2 Å². The molecule has 0 bridgehead atoms. The Morgan fingerprint density at radius 3 is 2.55 bits per heavy atom.